The number of hydrogen-bond acceptors (Lipinski definition) is 3. The Morgan fingerprint density at radius 3 is 2.32 bits per heavy atom. The van der Waals surface area contributed by atoms with Crippen molar-refractivity contribution in [3.05, 3.63) is 34.9 Å². The van der Waals surface area contributed by atoms with Crippen molar-refractivity contribution >= 4 is 23.7 Å². The van der Waals surface area contributed by atoms with Crippen LogP contribution >= 0.6 is 11.6 Å². The van der Waals surface area contributed by atoms with Crippen molar-refractivity contribution in [1.29, 1.82) is 0 Å². The van der Waals surface area contributed by atoms with E-state index in [1.165, 1.54) is 0 Å². The van der Waals surface area contributed by atoms with E-state index < -0.39 is 35.2 Å². The number of rotatable bonds is 3. The summed E-state index contributed by atoms with van der Waals surface area (Å²) in [5, 5.41) is 10.4. The normalized spacial score (nSPS) is 21.0. The molecule has 1 aromatic rings. The van der Waals surface area contributed by atoms with Gasteiger partial charge in [0.25, 0.3) is 0 Å². The number of likely N-dealkylation sites (tertiary alicyclic amines) is 1. The lowest BCUT2D eigenvalue weighted by molar-refractivity contribution is -0.140. The van der Waals surface area contributed by atoms with E-state index in [9.17, 15) is 14.7 Å². The third kappa shape index (κ3) is 4.46. The molecule has 1 amide bonds. The SMILES string of the molecule is CC(C)(C)OC(=O)N1C(C(C(=O)O)c2ccc(Cl)cc2)CCC1(C)C. The van der Waals surface area contributed by atoms with Gasteiger partial charge in [0.05, 0.1) is 6.04 Å². The number of halogens is 1. The molecule has 1 aliphatic heterocycles. The molecule has 1 aromatic carbocycles. The minimum atomic E-state index is -0.960. The van der Waals surface area contributed by atoms with Crippen LogP contribution in [-0.4, -0.2) is 39.3 Å². The minimum Gasteiger partial charge on any atom is -0.481 e. The van der Waals surface area contributed by atoms with Gasteiger partial charge in [0, 0.05) is 10.6 Å². The number of hydrogen-bond donors (Lipinski definition) is 1. The van der Waals surface area contributed by atoms with Gasteiger partial charge in [0.2, 0.25) is 0 Å². The summed E-state index contributed by atoms with van der Waals surface area (Å²) in [4.78, 5) is 26.4. The topological polar surface area (TPSA) is 66.8 Å². The first-order chi connectivity index (χ1) is 11.4. The standard InChI is InChI=1S/C19H26ClNO4/c1-18(2,3)25-17(24)21-14(10-11-19(21,4)5)15(16(22)23)12-6-8-13(20)9-7-12/h6-9,14-15H,10-11H2,1-5H3,(H,22,23). The van der Waals surface area contributed by atoms with Crippen molar-refractivity contribution in [3.63, 3.8) is 0 Å². The van der Waals surface area contributed by atoms with Gasteiger partial charge in [-0.25, -0.2) is 4.79 Å². The van der Waals surface area contributed by atoms with Gasteiger partial charge in [-0.1, -0.05) is 23.7 Å². The van der Waals surface area contributed by atoms with Gasteiger partial charge >= 0.3 is 12.1 Å². The van der Waals surface area contributed by atoms with Crippen molar-refractivity contribution in [3.8, 4) is 0 Å². The Balaban J connectivity index is 2.40. The molecule has 5 nitrogen and oxygen atoms in total. The summed E-state index contributed by atoms with van der Waals surface area (Å²) in [6, 6.07) is 6.29. The van der Waals surface area contributed by atoms with Gasteiger partial charge in [-0.05, 0) is 65.2 Å². The number of carbonyl (C=O) groups excluding carboxylic acids is 1. The predicted molar refractivity (Wildman–Crippen MR) is 97.0 cm³/mol. The molecular formula is C19H26ClNO4. The van der Waals surface area contributed by atoms with Crippen LogP contribution in [0, 0.1) is 0 Å². The van der Waals surface area contributed by atoms with E-state index in [1.807, 2.05) is 13.8 Å². The zero-order chi connectivity index (χ0) is 19.0. The van der Waals surface area contributed by atoms with Crippen molar-refractivity contribution < 1.29 is 19.4 Å². The summed E-state index contributed by atoms with van der Waals surface area (Å²) in [6.45, 7) is 9.29. The molecule has 2 rings (SSSR count). The number of ether oxygens (including phenoxy) is 1. The maximum absolute atomic E-state index is 12.8. The summed E-state index contributed by atoms with van der Waals surface area (Å²) in [5.41, 5.74) is -0.472. The lowest BCUT2D eigenvalue weighted by Crippen LogP contribution is -2.51. The zero-order valence-electron chi connectivity index (χ0n) is 15.4. The van der Waals surface area contributed by atoms with E-state index in [4.69, 9.17) is 16.3 Å². The molecule has 0 radical (unpaired) electrons. The lowest BCUT2D eigenvalue weighted by Gasteiger charge is -2.39. The average Bonchev–Trinajstić information content (AvgIpc) is 2.74. The summed E-state index contributed by atoms with van der Waals surface area (Å²) >= 11 is 5.92. The molecular weight excluding hydrogens is 342 g/mol. The van der Waals surface area contributed by atoms with Crippen LogP contribution in [0.4, 0.5) is 4.79 Å². The van der Waals surface area contributed by atoms with E-state index in [1.54, 1.807) is 49.9 Å². The largest absolute Gasteiger partial charge is 0.481 e. The number of benzene rings is 1. The first-order valence-corrected chi connectivity index (χ1v) is 8.81. The third-order valence-electron chi connectivity index (χ3n) is 4.51. The number of amides is 1. The molecule has 0 saturated carbocycles. The highest BCUT2D eigenvalue weighted by molar-refractivity contribution is 6.30. The van der Waals surface area contributed by atoms with Gasteiger partial charge in [-0.2, -0.15) is 0 Å². The Labute approximate surface area is 153 Å². The summed E-state index contributed by atoms with van der Waals surface area (Å²) < 4.78 is 5.55. The van der Waals surface area contributed by atoms with Gasteiger partial charge < -0.3 is 9.84 Å². The minimum absolute atomic E-state index is 0.465. The Bertz CT molecular complexity index is 648. The van der Waals surface area contributed by atoms with E-state index in [-0.39, 0.29) is 0 Å². The van der Waals surface area contributed by atoms with Crippen LogP contribution in [0.5, 0.6) is 0 Å². The Morgan fingerprint density at radius 2 is 1.84 bits per heavy atom. The van der Waals surface area contributed by atoms with E-state index in [2.05, 4.69) is 0 Å². The maximum atomic E-state index is 12.8. The molecule has 2 atom stereocenters. The molecule has 6 heteroatoms. The highest BCUT2D eigenvalue weighted by Crippen LogP contribution is 2.41. The fraction of sp³-hybridized carbons (Fsp3) is 0.579. The van der Waals surface area contributed by atoms with Gasteiger partial charge in [-0.15, -0.1) is 0 Å². The van der Waals surface area contributed by atoms with Crippen molar-refractivity contribution in [1.82, 2.24) is 4.90 Å². The van der Waals surface area contributed by atoms with E-state index >= 15 is 0 Å². The quantitative estimate of drug-likeness (QED) is 0.841. The highest BCUT2D eigenvalue weighted by atomic mass is 35.5. The second-order valence-corrected chi connectivity index (χ2v) is 8.57. The molecule has 25 heavy (non-hydrogen) atoms. The molecule has 0 bridgehead atoms. The number of carboxylic acid groups (broad SMARTS) is 1. The molecule has 1 aliphatic rings. The summed E-state index contributed by atoms with van der Waals surface area (Å²) in [6.07, 6.45) is 0.848. The number of carbonyl (C=O) groups is 2. The number of carboxylic acids is 1. The molecule has 2 unspecified atom stereocenters. The second kappa shape index (κ2) is 6.87. The van der Waals surface area contributed by atoms with Crippen LogP contribution in [0.2, 0.25) is 5.02 Å². The van der Waals surface area contributed by atoms with Crippen molar-refractivity contribution in [2.24, 2.45) is 0 Å². The van der Waals surface area contributed by atoms with Crippen molar-refractivity contribution in [2.75, 3.05) is 0 Å². The molecule has 1 N–H and O–H groups in total. The fourth-order valence-corrected chi connectivity index (χ4v) is 3.53. The lowest BCUT2D eigenvalue weighted by atomic mass is 9.90. The Hall–Kier alpha value is -1.75. The molecule has 1 fully saturated rings. The molecule has 0 aliphatic carbocycles. The first kappa shape index (κ1) is 19.6. The van der Waals surface area contributed by atoms with E-state index in [0.717, 1.165) is 0 Å². The van der Waals surface area contributed by atoms with Gasteiger partial charge in [-0.3, -0.25) is 9.69 Å². The smallest absolute Gasteiger partial charge is 0.411 e. The highest BCUT2D eigenvalue weighted by Gasteiger charge is 2.49. The van der Waals surface area contributed by atoms with Crippen LogP contribution < -0.4 is 0 Å². The third-order valence-corrected chi connectivity index (χ3v) is 4.76. The molecule has 1 heterocycles. The van der Waals surface area contributed by atoms with Gasteiger partial charge in [0.1, 0.15) is 11.5 Å². The van der Waals surface area contributed by atoms with Gasteiger partial charge in [0.15, 0.2) is 0 Å². The Morgan fingerprint density at radius 1 is 1.28 bits per heavy atom. The van der Waals surface area contributed by atoms with E-state index in [0.29, 0.717) is 23.4 Å². The average molecular weight is 368 g/mol. The van der Waals surface area contributed by atoms with Crippen molar-refractivity contribution in [2.45, 2.75) is 70.6 Å². The molecule has 138 valence electrons. The maximum Gasteiger partial charge on any atom is 0.411 e. The summed E-state index contributed by atoms with van der Waals surface area (Å²) in [7, 11) is 0. The molecule has 1 saturated heterocycles. The van der Waals surface area contributed by atoms with Crippen LogP contribution in [0.15, 0.2) is 24.3 Å². The number of nitrogens with zero attached hydrogens (tertiary/aromatic N) is 1. The number of aliphatic carboxylic acids is 1. The summed E-state index contributed by atoms with van der Waals surface area (Å²) in [5.74, 6) is -1.79. The molecule has 0 spiro atoms. The first-order valence-electron chi connectivity index (χ1n) is 8.43. The predicted octanol–water partition coefficient (Wildman–Crippen LogP) is 4.69. The fourth-order valence-electron chi connectivity index (χ4n) is 3.41. The molecule has 0 aromatic heterocycles. The Kier molecular flexibility index (Phi) is 5.38. The zero-order valence-corrected chi connectivity index (χ0v) is 16.1. The monoisotopic (exact) mass is 367 g/mol. The van der Waals surface area contributed by atoms with Crippen LogP contribution in [0.3, 0.4) is 0 Å². The van der Waals surface area contributed by atoms with Crippen LogP contribution in [0.1, 0.15) is 58.9 Å². The van der Waals surface area contributed by atoms with Crippen LogP contribution in [-0.2, 0) is 9.53 Å². The van der Waals surface area contributed by atoms with Crippen LogP contribution in [0.25, 0.3) is 0 Å². The second-order valence-electron chi connectivity index (χ2n) is 8.14.